The summed E-state index contributed by atoms with van der Waals surface area (Å²) in [7, 11) is 0. The number of carbonyl (C=O) groups excluding carboxylic acids is 1. The second kappa shape index (κ2) is 6.47. The van der Waals surface area contributed by atoms with Crippen LogP contribution in [0.1, 0.15) is 51.5 Å². The summed E-state index contributed by atoms with van der Waals surface area (Å²) in [5, 5.41) is 0. The fourth-order valence-corrected chi connectivity index (χ4v) is 1.99. The Kier molecular flexibility index (Phi) is 5.24. The molecule has 0 aliphatic carbocycles. The Morgan fingerprint density at radius 1 is 1.19 bits per heavy atom. The molecule has 0 bridgehead atoms. The van der Waals surface area contributed by atoms with Gasteiger partial charge in [-0.05, 0) is 18.4 Å². The summed E-state index contributed by atoms with van der Waals surface area (Å²) in [4.78, 5) is 12.3. The maximum Gasteiger partial charge on any atom is 0.143 e. The molecule has 0 amide bonds. The average Bonchev–Trinajstić information content (AvgIpc) is 2.35. The summed E-state index contributed by atoms with van der Waals surface area (Å²) in [6.07, 6.45) is 2.96. The van der Waals surface area contributed by atoms with Crippen LogP contribution in [0, 0.1) is 5.92 Å². The minimum atomic E-state index is 0.0983. The topological polar surface area (TPSA) is 17.1 Å². The quantitative estimate of drug-likeness (QED) is 0.700. The predicted octanol–water partition coefficient (Wildman–Crippen LogP) is 4.19. The molecule has 0 aliphatic heterocycles. The zero-order valence-corrected chi connectivity index (χ0v) is 10.6. The van der Waals surface area contributed by atoms with Gasteiger partial charge in [0.1, 0.15) is 5.78 Å². The molecule has 0 heterocycles. The molecule has 0 radical (unpaired) electrons. The van der Waals surface area contributed by atoms with Crippen LogP contribution in [0.5, 0.6) is 0 Å². The molecule has 0 fully saturated rings. The average molecular weight is 218 g/mol. The van der Waals surface area contributed by atoms with Crippen LogP contribution in [0.3, 0.4) is 0 Å². The third-order valence-corrected chi connectivity index (χ3v) is 3.22. The van der Waals surface area contributed by atoms with Crippen LogP contribution in [0.25, 0.3) is 0 Å². The summed E-state index contributed by atoms with van der Waals surface area (Å²) in [6.45, 7) is 6.25. The Bertz CT molecular complexity index is 315. The second-order valence-corrected chi connectivity index (χ2v) is 4.46. The van der Waals surface area contributed by atoms with E-state index in [0.29, 0.717) is 5.78 Å². The van der Waals surface area contributed by atoms with Crippen LogP contribution in [-0.2, 0) is 4.79 Å². The van der Waals surface area contributed by atoms with Gasteiger partial charge in [0.25, 0.3) is 0 Å². The molecule has 0 aromatic heterocycles. The van der Waals surface area contributed by atoms with Crippen LogP contribution in [-0.4, -0.2) is 5.78 Å². The number of hydrogen-bond donors (Lipinski definition) is 0. The van der Waals surface area contributed by atoms with Crippen LogP contribution < -0.4 is 0 Å². The van der Waals surface area contributed by atoms with Gasteiger partial charge in [0.2, 0.25) is 0 Å². The lowest BCUT2D eigenvalue weighted by Crippen LogP contribution is -2.19. The first-order valence-corrected chi connectivity index (χ1v) is 6.29. The van der Waals surface area contributed by atoms with Crippen molar-refractivity contribution in [2.75, 3.05) is 0 Å². The Hall–Kier alpha value is -1.11. The molecular weight excluding hydrogens is 196 g/mol. The van der Waals surface area contributed by atoms with Gasteiger partial charge in [-0.1, -0.05) is 57.5 Å². The summed E-state index contributed by atoms with van der Waals surface area (Å²) < 4.78 is 0. The van der Waals surface area contributed by atoms with Crippen molar-refractivity contribution in [3.8, 4) is 0 Å². The van der Waals surface area contributed by atoms with Crippen LogP contribution in [0.15, 0.2) is 30.3 Å². The highest BCUT2D eigenvalue weighted by Crippen LogP contribution is 2.26. The Labute approximate surface area is 98.9 Å². The first-order chi connectivity index (χ1) is 7.70. The van der Waals surface area contributed by atoms with E-state index < -0.39 is 0 Å². The molecule has 1 aromatic carbocycles. The lowest BCUT2D eigenvalue weighted by atomic mass is 9.84. The minimum absolute atomic E-state index is 0.0983. The molecule has 1 aromatic rings. The summed E-state index contributed by atoms with van der Waals surface area (Å²) in [6, 6.07) is 10.2. The maximum absolute atomic E-state index is 12.3. The van der Waals surface area contributed by atoms with Crippen molar-refractivity contribution in [1.29, 1.82) is 0 Å². The van der Waals surface area contributed by atoms with E-state index in [1.54, 1.807) is 0 Å². The molecule has 1 rings (SSSR count). The van der Waals surface area contributed by atoms with E-state index in [9.17, 15) is 4.79 Å². The second-order valence-electron chi connectivity index (χ2n) is 4.46. The van der Waals surface area contributed by atoms with E-state index in [0.717, 1.165) is 19.3 Å². The summed E-state index contributed by atoms with van der Waals surface area (Å²) in [5.74, 6) is 0.674. The molecule has 0 saturated heterocycles. The zero-order valence-electron chi connectivity index (χ0n) is 10.6. The van der Waals surface area contributed by atoms with E-state index in [1.807, 2.05) is 25.1 Å². The van der Waals surface area contributed by atoms with Gasteiger partial charge in [0.15, 0.2) is 0 Å². The zero-order chi connectivity index (χ0) is 12.0. The van der Waals surface area contributed by atoms with Gasteiger partial charge in [-0.15, -0.1) is 0 Å². The molecule has 1 heteroatoms. The van der Waals surface area contributed by atoms with Crippen molar-refractivity contribution in [3.63, 3.8) is 0 Å². The van der Waals surface area contributed by atoms with Crippen molar-refractivity contribution < 1.29 is 4.79 Å². The van der Waals surface area contributed by atoms with Crippen molar-refractivity contribution in [2.45, 2.75) is 46.0 Å². The van der Waals surface area contributed by atoms with Crippen molar-refractivity contribution in [3.05, 3.63) is 35.9 Å². The first-order valence-electron chi connectivity index (χ1n) is 6.29. The van der Waals surface area contributed by atoms with E-state index in [-0.39, 0.29) is 11.8 Å². The highest BCUT2D eigenvalue weighted by atomic mass is 16.1. The fraction of sp³-hybridized carbons (Fsp3) is 0.533. The smallest absolute Gasteiger partial charge is 0.143 e. The number of carbonyl (C=O) groups is 1. The van der Waals surface area contributed by atoms with Crippen molar-refractivity contribution >= 4 is 5.78 Å². The van der Waals surface area contributed by atoms with Gasteiger partial charge in [0.05, 0.1) is 0 Å². The van der Waals surface area contributed by atoms with Crippen LogP contribution in [0.2, 0.25) is 0 Å². The molecule has 0 N–H and O–H groups in total. The molecule has 0 aliphatic rings. The number of benzene rings is 1. The number of hydrogen-bond acceptors (Lipinski definition) is 1. The van der Waals surface area contributed by atoms with E-state index in [2.05, 4.69) is 26.0 Å². The highest BCUT2D eigenvalue weighted by Gasteiger charge is 2.23. The van der Waals surface area contributed by atoms with Gasteiger partial charge >= 0.3 is 0 Å². The van der Waals surface area contributed by atoms with Gasteiger partial charge in [-0.25, -0.2) is 0 Å². The normalized spacial score (nSPS) is 14.4. The standard InChI is InChI=1S/C15H22O/c1-4-9-14(15(16)12(3)5-2)13-10-7-6-8-11-13/h6-8,10-12,14H,4-5,9H2,1-3H3. The molecule has 2 unspecified atom stereocenters. The summed E-state index contributed by atoms with van der Waals surface area (Å²) >= 11 is 0. The maximum atomic E-state index is 12.3. The van der Waals surface area contributed by atoms with E-state index in [4.69, 9.17) is 0 Å². The third kappa shape index (κ3) is 3.19. The lowest BCUT2D eigenvalue weighted by Gasteiger charge is -2.19. The molecule has 16 heavy (non-hydrogen) atoms. The van der Waals surface area contributed by atoms with Gasteiger partial charge in [0, 0.05) is 11.8 Å². The van der Waals surface area contributed by atoms with Crippen molar-refractivity contribution in [2.24, 2.45) is 5.92 Å². The minimum Gasteiger partial charge on any atom is -0.299 e. The highest BCUT2D eigenvalue weighted by molar-refractivity contribution is 5.87. The van der Waals surface area contributed by atoms with Crippen LogP contribution >= 0.6 is 0 Å². The molecule has 0 saturated carbocycles. The molecule has 88 valence electrons. The summed E-state index contributed by atoms with van der Waals surface area (Å²) in [5.41, 5.74) is 1.18. The number of rotatable bonds is 6. The molecular formula is C15H22O. The monoisotopic (exact) mass is 218 g/mol. The largest absolute Gasteiger partial charge is 0.299 e. The van der Waals surface area contributed by atoms with E-state index in [1.165, 1.54) is 5.56 Å². The molecule has 1 nitrogen and oxygen atoms in total. The van der Waals surface area contributed by atoms with Crippen molar-refractivity contribution in [1.82, 2.24) is 0 Å². The molecule has 0 spiro atoms. The Morgan fingerprint density at radius 2 is 1.81 bits per heavy atom. The lowest BCUT2D eigenvalue weighted by molar-refractivity contribution is -0.124. The molecule has 2 atom stereocenters. The van der Waals surface area contributed by atoms with E-state index >= 15 is 0 Å². The SMILES string of the molecule is CCCC(C(=O)C(C)CC)c1ccccc1. The fourth-order valence-electron chi connectivity index (χ4n) is 1.99. The number of ketones is 1. The first kappa shape index (κ1) is 13.0. The van der Waals surface area contributed by atoms with Gasteiger partial charge in [-0.2, -0.15) is 0 Å². The third-order valence-electron chi connectivity index (χ3n) is 3.22. The Balaban J connectivity index is 2.87. The van der Waals surface area contributed by atoms with Gasteiger partial charge < -0.3 is 0 Å². The predicted molar refractivity (Wildman–Crippen MR) is 68.6 cm³/mol. The number of Topliss-reactive ketones (excluding diaryl/α,β-unsaturated/α-hetero) is 1. The Morgan fingerprint density at radius 3 is 2.31 bits per heavy atom. The van der Waals surface area contributed by atoms with Gasteiger partial charge in [-0.3, -0.25) is 4.79 Å². The van der Waals surface area contributed by atoms with Crippen LogP contribution in [0.4, 0.5) is 0 Å².